The lowest BCUT2D eigenvalue weighted by Crippen LogP contribution is -2.23. The van der Waals surface area contributed by atoms with Gasteiger partial charge < -0.3 is 19.1 Å². The Morgan fingerprint density at radius 1 is 1.00 bits per heavy atom. The highest BCUT2D eigenvalue weighted by Gasteiger charge is 2.25. The van der Waals surface area contributed by atoms with Gasteiger partial charge in [0, 0.05) is 24.9 Å². The number of hydrogen-bond donors (Lipinski definition) is 0. The largest absolute Gasteiger partial charge is 0.463 e. The first-order valence-corrected chi connectivity index (χ1v) is 9.87. The molecule has 0 spiro atoms. The normalized spacial score (nSPS) is 13.7. The van der Waals surface area contributed by atoms with Crippen LogP contribution in [0.3, 0.4) is 0 Å². The van der Waals surface area contributed by atoms with Crippen molar-refractivity contribution in [3.8, 4) is 0 Å². The average molecular weight is 413 g/mol. The molecule has 1 aliphatic heterocycles. The number of benzene rings is 1. The van der Waals surface area contributed by atoms with E-state index in [1.54, 1.807) is 51.1 Å². The van der Waals surface area contributed by atoms with E-state index in [0.717, 1.165) is 0 Å². The molecule has 0 atom stereocenters. The number of rotatable bonds is 8. The van der Waals surface area contributed by atoms with Crippen LogP contribution in [-0.4, -0.2) is 37.2 Å². The Morgan fingerprint density at radius 2 is 1.57 bits per heavy atom. The fourth-order valence-corrected chi connectivity index (χ4v) is 2.80. The summed E-state index contributed by atoms with van der Waals surface area (Å²) in [7, 11) is 0. The van der Waals surface area contributed by atoms with E-state index in [4.69, 9.17) is 14.2 Å². The first-order chi connectivity index (χ1) is 14.3. The Labute approximate surface area is 176 Å². The van der Waals surface area contributed by atoms with Crippen LogP contribution in [-0.2, 0) is 28.6 Å². The van der Waals surface area contributed by atoms with Gasteiger partial charge in [-0.2, -0.15) is 0 Å². The summed E-state index contributed by atoms with van der Waals surface area (Å²) in [5.41, 5.74) is 2.05. The van der Waals surface area contributed by atoms with Gasteiger partial charge in [-0.1, -0.05) is 18.2 Å². The number of carbonyl (C=O) groups is 3. The lowest BCUT2D eigenvalue weighted by atomic mass is 10.0. The summed E-state index contributed by atoms with van der Waals surface area (Å²) >= 11 is 0. The first-order valence-electron chi connectivity index (χ1n) is 9.87. The second-order valence-corrected chi connectivity index (χ2v) is 6.71. The third kappa shape index (κ3) is 6.34. The summed E-state index contributed by atoms with van der Waals surface area (Å²) in [5.74, 6) is -1.44. The molecule has 2 rings (SSSR count). The predicted molar refractivity (Wildman–Crippen MR) is 113 cm³/mol. The molecule has 0 unspecified atom stereocenters. The molecule has 0 saturated heterocycles. The van der Waals surface area contributed by atoms with Crippen molar-refractivity contribution in [3.05, 3.63) is 59.5 Å². The van der Waals surface area contributed by atoms with Gasteiger partial charge >= 0.3 is 17.9 Å². The zero-order valence-corrected chi connectivity index (χ0v) is 17.7. The van der Waals surface area contributed by atoms with Crippen LogP contribution in [0.4, 0.5) is 5.69 Å². The van der Waals surface area contributed by atoms with Crippen molar-refractivity contribution in [2.75, 3.05) is 18.1 Å². The molecular weight excluding hydrogens is 386 g/mol. The van der Waals surface area contributed by atoms with E-state index in [1.165, 1.54) is 6.08 Å². The molecular formula is C23H27NO6. The summed E-state index contributed by atoms with van der Waals surface area (Å²) in [6.07, 6.45) is 6.12. The third-order valence-electron chi connectivity index (χ3n) is 4.01. The molecule has 0 radical (unpaired) electrons. The minimum Gasteiger partial charge on any atom is -0.463 e. The molecule has 1 heterocycles. The van der Waals surface area contributed by atoms with E-state index < -0.39 is 17.9 Å². The smallest absolute Gasteiger partial charge is 0.335 e. The third-order valence-corrected chi connectivity index (χ3v) is 4.01. The Balaban J connectivity index is 2.41. The van der Waals surface area contributed by atoms with Crippen molar-refractivity contribution in [3.63, 3.8) is 0 Å². The molecule has 0 amide bonds. The monoisotopic (exact) mass is 413 g/mol. The maximum absolute atomic E-state index is 12.3. The molecule has 0 saturated carbocycles. The Kier molecular flexibility index (Phi) is 8.41. The Hall–Kier alpha value is -3.35. The summed E-state index contributed by atoms with van der Waals surface area (Å²) in [6, 6.07) is 7.28. The van der Waals surface area contributed by atoms with Gasteiger partial charge in [-0.3, -0.25) is 0 Å². The summed E-state index contributed by atoms with van der Waals surface area (Å²) in [5, 5.41) is 0. The zero-order chi connectivity index (χ0) is 22.1. The Bertz CT molecular complexity index is 847. The number of hydrogen-bond acceptors (Lipinski definition) is 7. The molecule has 0 aliphatic carbocycles. The van der Waals surface area contributed by atoms with Crippen molar-refractivity contribution in [2.24, 2.45) is 0 Å². The minimum absolute atomic E-state index is 0.118. The molecule has 7 nitrogen and oxygen atoms in total. The number of nitrogens with zero attached hydrogens (tertiary/aromatic N) is 1. The van der Waals surface area contributed by atoms with Crippen LogP contribution in [0.5, 0.6) is 0 Å². The highest BCUT2D eigenvalue weighted by molar-refractivity contribution is 5.97. The molecule has 160 valence electrons. The zero-order valence-electron chi connectivity index (χ0n) is 17.7. The molecule has 0 aromatic heterocycles. The highest BCUT2D eigenvalue weighted by Crippen LogP contribution is 2.29. The summed E-state index contributed by atoms with van der Waals surface area (Å²) in [4.78, 5) is 38.2. The maximum Gasteiger partial charge on any atom is 0.335 e. The quantitative estimate of drug-likeness (QED) is 0.365. The van der Waals surface area contributed by atoms with Gasteiger partial charge in [-0.25, -0.2) is 14.4 Å². The van der Waals surface area contributed by atoms with Crippen LogP contribution in [0.15, 0.2) is 53.9 Å². The van der Waals surface area contributed by atoms with Crippen LogP contribution >= 0.6 is 0 Å². The molecule has 0 bridgehead atoms. The Morgan fingerprint density at radius 3 is 2.10 bits per heavy atom. The molecule has 30 heavy (non-hydrogen) atoms. The van der Waals surface area contributed by atoms with E-state index in [9.17, 15) is 14.4 Å². The number of anilines is 1. The predicted octanol–water partition coefficient (Wildman–Crippen LogP) is 3.76. The highest BCUT2D eigenvalue weighted by atomic mass is 16.5. The molecule has 0 N–H and O–H groups in total. The van der Waals surface area contributed by atoms with Crippen LogP contribution < -0.4 is 4.90 Å². The van der Waals surface area contributed by atoms with Gasteiger partial charge in [-0.05, 0) is 45.4 Å². The SMILES string of the molecule is CCOC(=O)C1=CN(c2ccccc2C=CC(=O)OC(C)C)C=C(C(=O)OCC)C1. The summed E-state index contributed by atoms with van der Waals surface area (Å²) in [6.45, 7) is 7.44. The van der Waals surface area contributed by atoms with Gasteiger partial charge in [-0.15, -0.1) is 0 Å². The van der Waals surface area contributed by atoms with Crippen LogP contribution in [0.1, 0.15) is 39.7 Å². The van der Waals surface area contributed by atoms with Crippen molar-refractivity contribution in [1.82, 2.24) is 0 Å². The number of carbonyl (C=O) groups excluding carboxylic acids is 3. The van der Waals surface area contributed by atoms with Crippen molar-refractivity contribution in [2.45, 2.75) is 40.2 Å². The molecule has 1 aromatic rings. The van der Waals surface area contributed by atoms with Crippen LogP contribution in [0.2, 0.25) is 0 Å². The lowest BCUT2D eigenvalue weighted by Gasteiger charge is -2.25. The first kappa shape index (κ1) is 22.9. The van der Waals surface area contributed by atoms with E-state index in [0.29, 0.717) is 22.4 Å². The number of para-hydroxylation sites is 1. The molecule has 0 fully saturated rings. The lowest BCUT2D eigenvalue weighted by molar-refractivity contribution is -0.141. The summed E-state index contributed by atoms with van der Waals surface area (Å²) < 4.78 is 15.3. The van der Waals surface area contributed by atoms with E-state index in [1.807, 2.05) is 24.3 Å². The van der Waals surface area contributed by atoms with Gasteiger partial charge in [0.1, 0.15) is 0 Å². The van der Waals surface area contributed by atoms with Crippen molar-refractivity contribution in [1.29, 1.82) is 0 Å². The molecule has 7 heteroatoms. The van der Waals surface area contributed by atoms with Gasteiger partial charge in [0.15, 0.2) is 0 Å². The molecule has 1 aliphatic rings. The maximum atomic E-state index is 12.3. The van der Waals surface area contributed by atoms with Gasteiger partial charge in [0.05, 0.1) is 36.2 Å². The van der Waals surface area contributed by atoms with E-state index >= 15 is 0 Å². The van der Waals surface area contributed by atoms with E-state index in [-0.39, 0.29) is 25.7 Å². The molecule has 1 aromatic carbocycles. The fraction of sp³-hybridized carbons (Fsp3) is 0.348. The standard InChI is InChI=1S/C23H27NO6/c1-5-28-22(26)18-13-19(23(27)29-6-2)15-24(14-18)20-10-8-7-9-17(20)11-12-21(25)30-16(3)4/h7-12,14-16H,5-6,13H2,1-4H3. The van der Waals surface area contributed by atoms with Crippen molar-refractivity contribution >= 4 is 29.7 Å². The number of esters is 3. The average Bonchev–Trinajstić information content (AvgIpc) is 2.72. The van der Waals surface area contributed by atoms with Crippen LogP contribution in [0.25, 0.3) is 6.08 Å². The second kappa shape index (κ2) is 11.0. The van der Waals surface area contributed by atoms with Gasteiger partial charge in [0.25, 0.3) is 0 Å². The number of ether oxygens (including phenoxy) is 3. The second-order valence-electron chi connectivity index (χ2n) is 6.71. The van der Waals surface area contributed by atoms with E-state index in [2.05, 4.69) is 0 Å². The minimum atomic E-state index is -0.495. The van der Waals surface area contributed by atoms with Crippen LogP contribution in [0, 0.1) is 0 Å². The van der Waals surface area contributed by atoms with Gasteiger partial charge in [0.2, 0.25) is 0 Å². The fourth-order valence-electron chi connectivity index (χ4n) is 2.80. The topological polar surface area (TPSA) is 82.1 Å². The van der Waals surface area contributed by atoms with Crippen molar-refractivity contribution < 1.29 is 28.6 Å².